The summed E-state index contributed by atoms with van der Waals surface area (Å²) in [7, 11) is 2.17. The molecule has 2 fully saturated rings. The Morgan fingerprint density at radius 2 is 1.46 bits per heavy atom. The van der Waals surface area contributed by atoms with Gasteiger partial charge in [-0.2, -0.15) is 4.98 Å². The molecule has 2 aromatic rings. The summed E-state index contributed by atoms with van der Waals surface area (Å²) in [6.07, 6.45) is 1.92. The fourth-order valence-corrected chi connectivity index (χ4v) is 4.13. The molecule has 6 nitrogen and oxygen atoms in total. The molecule has 0 atom stereocenters. The topological polar surface area (TPSA) is 38.7 Å². The quantitative estimate of drug-likeness (QED) is 0.809. The maximum atomic E-state index is 4.89. The van der Waals surface area contributed by atoms with Gasteiger partial charge in [0.15, 0.2) is 0 Å². The van der Waals surface area contributed by atoms with Crippen molar-refractivity contribution in [3.05, 3.63) is 47.2 Å². The normalized spacial score (nSPS) is 19.2. The fourth-order valence-electron chi connectivity index (χ4n) is 4.13. The highest BCUT2D eigenvalue weighted by Gasteiger charge is 2.21. The van der Waals surface area contributed by atoms with Crippen LogP contribution in [-0.2, 0) is 6.54 Å². The van der Waals surface area contributed by atoms with Crippen LogP contribution in [0.15, 0.2) is 30.5 Å². The predicted octanol–water partition coefficient (Wildman–Crippen LogP) is 2.17. The van der Waals surface area contributed by atoms with Crippen LogP contribution in [0, 0.1) is 13.8 Å². The van der Waals surface area contributed by atoms with Crippen LogP contribution in [0.1, 0.15) is 16.7 Å². The Balaban J connectivity index is 1.37. The van der Waals surface area contributed by atoms with Crippen LogP contribution in [-0.4, -0.2) is 79.2 Å². The summed E-state index contributed by atoms with van der Waals surface area (Å²) in [6, 6.07) is 8.65. The van der Waals surface area contributed by atoms with Gasteiger partial charge in [-0.25, -0.2) is 4.98 Å². The molecule has 0 N–H and O–H groups in total. The maximum Gasteiger partial charge on any atom is 0.227 e. The third-order valence-electron chi connectivity index (χ3n) is 6.14. The summed E-state index contributed by atoms with van der Waals surface area (Å²) in [6.45, 7) is 13.8. The maximum absolute atomic E-state index is 4.89. The molecule has 2 aliphatic heterocycles. The summed E-state index contributed by atoms with van der Waals surface area (Å²) < 4.78 is 0. The first-order chi connectivity index (χ1) is 13.6. The highest BCUT2D eigenvalue weighted by molar-refractivity contribution is 5.44. The third-order valence-corrected chi connectivity index (χ3v) is 6.14. The Morgan fingerprint density at radius 1 is 0.821 bits per heavy atom. The van der Waals surface area contributed by atoms with Crippen molar-refractivity contribution in [1.82, 2.24) is 19.8 Å². The number of hydrogen-bond donors (Lipinski definition) is 0. The van der Waals surface area contributed by atoms with E-state index in [1.165, 1.54) is 16.7 Å². The minimum absolute atomic E-state index is 0.878. The van der Waals surface area contributed by atoms with Gasteiger partial charge < -0.3 is 14.7 Å². The largest absolute Gasteiger partial charge is 0.354 e. The second-order valence-corrected chi connectivity index (χ2v) is 8.14. The molecule has 0 bridgehead atoms. The molecular weight excluding hydrogens is 348 g/mol. The molecule has 150 valence electrons. The summed E-state index contributed by atoms with van der Waals surface area (Å²) >= 11 is 0. The number of benzene rings is 1. The van der Waals surface area contributed by atoms with Crippen molar-refractivity contribution in [3.63, 3.8) is 0 Å². The first kappa shape index (κ1) is 19.2. The molecule has 0 saturated carbocycles. The molecule has 6 heteroatoms. The Kier molecular flexibility index (Phi) is 5.78. The second-order valence-electron chi connectivity index (χ2n) is 8.14. The van der Waals surface area contributed by atoms with E-state index in [0.29, 0.717) is 0 Å². The molecule has 0 spiro atoms. The van der Waals surface area contributed by atoms with E-state index in [4.69, 9.17) is 4.98 Å². The average Bonchev–Trinajstić information content (AvgIpc) is 2.72. The van der Waals surface area contributed by atoms with Crippen molar-refractivity contribution in [2.75, 3.05) is 69.2 Å². The second kappa shape index (κ2) is 8.45. The molecule has 2 aliphatic rings. The summed E-state index contributed by atoms with van der Waals surface area (Å²) in [5, 5.41) is 0. The van der Waals surface area contributed by atoms with E-state index < -0.39 is 0 Å². The summed E-state index contributed by atoms with van der Waals surface area (Å²) in [4.78, 5) is 19.1. The molecule has 28 heavy (non-hydrogen) atoms. The molecule has 0 radical (unpaired) electrons. The lowest BCUT2D eigenvalue weighted by molar-refractivity contribution is 0.248. The molecule has 3 heterocycles. The van der Waals surface area contributed by atoms with Crippen molar-refractivity contribution < 1.29 is 0 Å². The first-order valence-electron chi connectivity index (χ1n) is 10.4. The van der Waals surface area contributed by atoms with Gasteiger partial charge in [0.1, 0.15) is 5.82 Å². The van der Waals surface area contributed by atoms with Crippen molar-refractivity contribution in [3.8, 4) is 0 Å². The zero-order chi connectivity index (χ0) is 19.5. The number of hydrogen-bond acceptors (Lipinski definition) is 6. The van der Waals surface area contributed by atoms with Gasteiger partial charge >= 0.3 is 0 Å². The number of likely N-dealkylation sites (N-methyl/N-ethyl adjacent to an activating group) is 1. The summed E-state index contributed by atoms with van der Waals surface area (Å²) in [5.41, 5.74) is 4.28. The van der Waals surface area contributed by atoms with Crippen LogP contribution < -0.4 is 9.80 Å². The Hall–Kier alpha value is -2.18. The van der Waals surface area contributed by atoms with Gasteiger partial charge in [-0.3, -0.25) is 4.90 Å². The van der Waals surface area contributed by atoms with Gasteiger partial charge in [0.2, 0.25) is 5.95 Å². The number of aryl methyl sites for hydroxylation is 2. The predicted molar refractivity (Wildman–Crippen MR) is 115 cm³/mol. The number of aromatic nitrogens is 2. The number of piperazine rings is 2. The van der Waals surface area contributed by atoms with Crippen molar-refractivity contribution >= 4 is 11.8 Å². The minimum atomic E-state index is 0.878. The fraction of sp³-hybridized carbons (Fsp3) is 0.545. The first-order valence-corrected chi connectivity index (χ1v) is 10.4. The number of nitrogens with zero attached hydrogens (tertiary/aromatic N) is 6. The van der Waals surface area contributed by atoms with Crippen LogP contribution in [0.3, 0.4) is 0 Å². The van der Waals surface area contributed by atoms with Crippen LogP contribution in [0.25, 0.3) is 0 Å². The van der Waals surface area contributed by atoms with E-state index in [-0.39, 0.29) is 0 Å². The Labute approximate surface area is 168 Å². The lowest BCUT2D eigenvalue weighted by atomic mass is 10.0. The molecule has 0 aliphatic carbocycles. The van der Waals surface area contributed by atoms with Crippen molar-refractivity contribution in [1.29, 1.82) is 0 Å². The van der Waals surface area contributed by atoms with Crippen molar-refractivity contribution in [2.24, 2.45) is 0 Å². The van der Waals surface area contributed by atoms with E-state index in [1.54, 1.807) is 0 Å². The number of anilines is 2. The lowest BCUT2D eigenvalue weighted by Crippen LogP contribution is -2.47. The average molecular weight is 381 g/mol. The SMILES string of the molecule is Cc1cccc(C)c1CN1CCN(c2ccnc(N3CCN(C)CC3)n2)CC1. The summed E-state index contributed by atoms with van der Waals surface area (Å²) in [5.74, 6) is 1.94. The van der Waals surface area contributed by atoms with Crippen LogP contribution >= 0.6 is 0 Å². The highest BCUT2D eigenvalue weighted by atomic mass is 15.3. The Morgan fingerprint density at radius 3 is 2.14 bits per heavy atom. The van der Waals surface area contributed by atoms with Gasteiger partial charge in [0.25, 0.3) is 0 Å². The van der Waals surface area contributed by atoms with Gasteiger partial charge in [-0.15, -0.1) is 0 Å². The zero-order valence-corrected chi connectivity index (χ0v) is 17.4. The van der Waals surface area contributed by atoms with E-state index in [9.17, 15) is 0 Å². The van der Waals surface area contributed by atoms with E-state index in [2.05, 4.69) is 69.7 Å². The third kappa shape index (κ3) is 4.28. The molecule has 1 aromatic carbocycles. The van der Waals surface area contributed by atoms with Crippen LogP contribution in [0.4, 0.5) is 11.8 Å². The van der Waals surface area contributed by atoms with E-state index >= 15 is 0 Å². The zero-order valence-electron chi connectivity index (χ0n) is 17.4. The smallest absolute Gasteiger partial charge is 0.227 e. The molecular formula is C22H32N6. The van der Waals surface area contributed by atoms with Gasteiger partial charge in [-0.1, -0.05) is 18.2 Å². The molecule has 4 rings (SSSR count). The van der Waals surface area contributed by atoms with Crippen molar-refractivity contribution in [2.45, 2.75) is 20.4 Å². The monoisotopic (exact) mass is 380 g/mol. The van der Waals surface area contributed by atoms with Gasteiger partial charge in [-0.05, 0) is 43.7 Å². The molecule has 1 aromatic heterocycles. The molecule has 0 unspecified atom stereocenters. The number of rotatable bonds is 4. The van der Waals surface area contributed by atoms with E-state index in [1.807, 2.05) is 6.20 Å². The molecule has 0 amide bonds. The van der Waals surface area contributed by atoms with Gasteiger partial charge in [0, 0.05) is 65.1 Å². The lowest BCUT2D eigenvalue weighted by Gasteiger charge is -2.36. The Bertz CT molecular complexity index is 771. The highest BCUT2D eigenvalue weighted by Crippen LogP contribution is 2.20. The van der Waals surface area contributed by atoms with Crippen LogP contribution in [0.2, 0.25) is 0 Å². The van der Waals surface area contributed by atoms with Crippen LogP contribution in [0.5, 0.6) is 0 Å². The van der Waals surface area contributed by atoms with Gasteiger partial charge in [0.05, 0.1) is 0 Å². The van der Waals surface area contributed by atoms with E-state index in [0.717, 1.165) is 70.7 Å². The standard InChI is InChI=1S/C22H32N6/c1-18-5-4-6-19(2)20(18)17-26-11-15-27(16-12-26)21-7-8-23-22(24-21)28-13-9-25(3)10-14-28/h4-8H,9-17H2,1-3H3. The minimum Gasteiger partial charge on any atom is -0.354 e. The molecule has 2 saturated heterocycles.